The van der Waals surface area contributed by atoms with E-state index in [0.717, 1.165) is 17.7 Å². The molecule has 1 heterocycles. The lowest BCUT2D eigenvalue weighted by molar-refractivity contribution is -0.137. The van der Waals surface area contributed by atoms with Crippen LogP contribution in [0.5, 0.6) is 11.5 Å². The normalized spacial score (nSPS) is 14.7. The summed E-state index contributed by atoms with van der Waals surface area (Å²) in [5, 5.41) is 0. The number of amides is 1. The zero-order valence-corrected chi connectivity index (χ0v) is 18.2. The molecule has 172 valence electrons. The first-order valence-electron chi connectivity index (χ1n) is 10.6. The third-order valence-electron chi connectivity index (χ3n) is 5.12. The zero-order chi connectivity index (χ0) is 23.1. The van der Waals surface area contributed by atoms with Gasteiger partial charge in [-0.05, 0) is 55.8 Å². The van der Waals surface area contributed by atoms with Crippen LogP contribution in [0.15, 0.2) is 48.5 Å². The van der Waals surface area contributed by atoms with Crippen LogP contribution in [0, 0.1) is 0 Å². The molecule has 0 aliphatic carbocycles. The number of rotatable bonds is 7. The first-order valence-corrected chi connectivity index (χ1v) is 10.6. The Morgan fingerprint density at radius 3 is 2.31 bits per heavy atom. The second-order valence-electron chi connectivity index (χ2n) is 7.27. The van der Waals surface area contributed by atoms with Gasteiger partial charge in [0, 0.05) is 37.9 Å². The number of carbonyl (C=O) groups is 1. The van der Waals surface area contributed by atoms with E-state index in [-0.39, 0.29) is 5.91 Å². The Morgan fingerprint density at radius 1 is 0.969 bits per heavy atom. The standard InChI is InChI=1S/C24H27F3N2O3/c1-3-31-21-10-8-18(16-22(21)32-4-2)9-11-23(30)29-14-12-28(13-15-29)20-7-5-6-19(17-20)24(25,26)27/h5-11,16-17H,3-4,12-15H2,1-2H3/b11-9+. The van der Waals surface area contributed by atoms with Gasteiger partial charge in [0.15, 0.2) is 11.5 Å². The van der Waals surface area contributed by atoms with Crippen LogP contribution in [0.1, 0.15) is 25.0 Å². The second kappa shape index (κ2) is 10.4. The van der Waals surface area contributed by atoms with Gasteiger partial charge in [-0.25, -0.2) is 0 Å². The smallest absolute Gasteiger partial charge is 0.416 e. The highest BCUT2D eigenvalue weighted by molar-refractivity contribution is 5.92. The lowest BCUT2D eigenvalue weighted by Crippen LogP contribution is -2.48. The maximum atomic E-state index is 13.0. The Balaban J connectivity index is 1.60. The molecule has 2 aromatic rings. The monoisotopic (exact) mass is 448 g/mol. The first-order chi connectivity index (χ1) is 15.3. The summed E-state index contributed by atoms with van der Waals surface area (Å²) >= 11 is 0. The number of anilines is 1. The predicted octanol–water partition coefficient (Wildman–Crippen LogP) is 4.86. The van der Waals surface area contributed by atoms with Gasteiger partial charge in [-0.1, -0.05) is 12.1 Å². The number of alkyl halides is 3. The average molecular weight is 448 g/mol. The van der Waals surface area contributed by atoms with Gasteiger partial charge in [-0.3, -0.25) is 4.79 Å². The molecular weight excluding hydrogens is 421 g/mol. The van der Waals surface area contributed by atoms with Crippen molar-refractivity contribution < 1.29 is 27.4 Å². The molecule has 32 heavy (non-hydrogen) atoms. The average Bonchev–Trinajstić information content (AvgIpc) is 2.79. The third kappa shape index (κ3) is 5.96. The summed E-state index contributed by atoms with van der Waals surface area (Å²) in [4.78, 5) is 16.2. The molecule has 0 unspecified atom stereocenters. The SMILES string of the molecule is CCOc1ccc(/C=C/C(=O)N2CCN(c3cccc(C(F)(F)F)c3)CC2)cc1OCC. The van der Waals surface area contributed by atoms with Crippen molar-refractivity contribution in [1.82, 2.24) is 4.90 Å². The van der Waals surface area contributed by atoms with Crippen molar-refractivity contribution in [3.8, 4) is 11.5 Å². The van der Waals surface area contributed by atoms with Crippen LogP contribution in [-0.4, -0.2) is 50.2 Å². The minimum atomic E-state index is -4.37. The molecule has 0 N–H and O–H groups in total. The summed E-state index contributed by atoms with van der Waals surface area (Å²) in [6.45, 7) is 6.63. The molecule has 0 spiro atoms. The van der Waals surface area contributed by atoms with Crippen molar-refractivity contribution in [3.05, 3.63) is 59.7 Å². The van der Waals surface area contributed by atoms with E-state index in [1.165, 1.54) is 12.1 Å². The van der Waals surface area contributed by atoms with Crippen molar-refractivity contribution in [2.24, 2.45) is 0 Å². The molecule has 2 aromatic carbocycles. The first kappa shape index (κ1) is 23.5. The van der Waals surface area contributed by atoms with Crippen LogP contribution in [0.25, 0.3) is 6.08 Å². The predicted molar refractivity (Wildman–Crippen MR) is 118 cm³/mol. The Kier molecular flexibility index (Phi) is 7.66. The topological polar surface area (TPSA) is 42.0 Å². The number of nitrogens with zero attached hydrogens (tertiary/aromatic N) is 2. The molecule has 0 saturated carbocycles. The van der Waals surface area contributed by atoms with Crippen molar-refractivity contribution in [2.45, 2.75) is 20.0 Å². The molecule has 0 bridgehead atoms. The van der Waals surface area contributed by atoms with E-state index in [1.807, 2.05) is 36.9 Å². The molecule has 1 aliphatic heterocycles. The fraction of sp³-hybridized carbons (Fsp3) is 0.375. The van der Waals surface area contributed by atoms with Crippen molar-refractivity contribution in [1.29, 1.82) is 0 Å². The van der Waals surface area contributed by atoms with Gasteiger partial charge in [-0.2, -0.15) is 13.2 Å². The summed E-state index contributed by atoms with van der Waals surface area (Å²) in [5.74, 6) is 1.14. The molecule has 3 rings (SSSR count). The van der Waals surface area contributed by atoms with E-state index in [1.54, 1.807) is 17.0 Å². The van der Waals surface area contributed by atoms with Gasteiger partial charge in [0.2, 0.25) is 5.91 Å². The van der Waals surface area contributed by atoms with E-state index in [0.29, 0.717) is 56.6 Å². The Hall–Kier alpha value is -3.16. The van der Waals surface area contributed by atoms with Crippen LogP contribution in [0.2, 0.25) is 0 Å². The molecule has 1 fully saturated rings. The van der Waals surface area contributed by atoms with E-state index >= 15 is 0 Å². The number of halogens is 3. The molecular formula is C24H27F3N2O3. The molecule has 8 heteroatoms. The van der Waals surface area contributed by atoms with Crippen LogP contribution in [0.3, 0.4) is 0 Å². The van der Waals surface area contributed by atoms with Crippen LogP contribution in [-0.2, 0) is 11.0 Å². The number of hydrogen-bond acceptors (Lipinski definition) is 4. The van der Waals surface area contributed by atoms with E-state index in [4.69, 9.17) is 9.47 Å². The van der Waals surface area contributed by atoms with Gasteiger partial charge in [0.05, 0.1) is 18.8 Å². The molecule has 1 amide bonds. The largest absolute Gasteiger partial charge is 0.490 e. The number of hydrogen-bond donors (Lipinski definition) is 0. The summed E-state index contributed by atoms with van der Waals surface area (Å²) in [6.07, 6.45) is -1.15. The summed E-state index contributed by atoms with van der Waals surface area (Å²) < 4.78 is 50.0. The minimum Gasteiger partial charge on any atom is -0.490 e. The highest BCUT2D eigenvalue weighted by Gasteiger charge is 2.31. The molecule has 0 radical (unpaired) electrons. The molecule has 0 atom stereocenters. The third-order valence-corrected chi connectivity index (χ3v) is 5.12. The molecule has 0 aromatic heterocycles. The molecule has 5 nitrogen and oxygen atoms in total. The maximum Gasteiger partial charge on any atom is 0.416 e. The van der Waals surface area contributed by atoms with Crippen molar-refractivity contribution in [2.75, 3.05) is 44.3 Å². The highest BCUT2D eigenvalue weighted by Crippen LogP contribution is 2.32. The quantitative estimate of drug-likeness (QED) is 0.567. The van der Waals surface area contributed by atoms with E-state index in [2.05, 4.69) is 0 Å². The molecule has 1 saturated heterocycles. The highest BCUT2D eigenvalue weighted by atomic mass is 19.4. The van der Waals surface area contributed by atoms with Crippen molar-refractivity contribution >= 4 is 17.7 Å². The van der Waals surface area contributed by atoms with Crippen LogP contribution in [0.4, 0.5) is 18.9 Å². The number of carbonyl (C=O) groups excluding carboxylic acids is 1. The number of benzene rings is 2. The lowest BCUT2D eigenvalue weighted by Gasteiger charge is -2.35. The van der Waals surface area contributed by atoms with Crippen molar-refractivity contribution in [3.63, 3.8) is 0 Å². The van der Waals surface area contributed by atoms with Crippen LogP contribution < -0.4 is 14.4 Å². The Morgan fingerprint density at radius 2 is 1.66 bits per heavy atom. The zero-order valence-electron chi connectivity index (χ0n) is 18.2. The van der Waals surface area contributed by atoms with Gasteiger partial charge >= 0.3 is 6.18 Å². The summed E-state index contributed by atoms with van der Waals surface area (Å²) in [7, 11) is 0. The van der Waals surface area contributed by atoms with Crippen LogP contribution >= 0.6 is 0 Å². The van der Waals surface area contributed by atoms with E-state index in [9.17, 15) is 18.0 Å². The Bertz CT molecular complexity index is 952. The minimum absolute atomic E-state index is 0.138. The lowest BCUT2D eigenvalue weighted by atomic mass is 10.1. The summed E-state index contributed by atoms with van der Waals surface area (Å²) in [6, 6.07) is 10.8. The van der Waals surface area contributed by atoms with Gasteiger partial charge in [-0.15, -0.1) is 0 Å². The fourth-order valence-corrected chi connectivity index (χ4v) is 3.51. The van der Waals surface area contributed by atoms with Gasteiger partial charge in [0.25, 0.3) is 0 Å². The fourth-order valence-electron chi connectivity index (χ4n) is 3.51. The Labute approximate surface area is 186 Å². The van der Waals surface area contributed by atoms with Gasteiger partial charge < -0.3 is 19.3 Å². The number of ether oxygens (including phenoxy) is 2. The summed E-state index contributed by atoms with van der Waals surface area (Å²) in [5.41, 5.74) is 0.659. The molecule has 1 aliphatic rings. The number of piperazine rings is 1. The maximum absolute atomic E-state index is 13.0. The second-order valence-corrected chi connectivity index (χ2v) is 7.27. The van der Waals surface area contributed by atoms with Gasteiger partial charge in [0.1, 0.15) is 0 Å². The van der Waals surface area contributed by atoms with E-state index < -0.39 is 11.7 Å².